The summed E-state index contributed by atoms with van der Waals surface area (Å²) in [6, 6.07) is 6.63. The van der Waals surface area contributed by atoms with Gasteiger partial charge < -0.3 is 9.84 Å². The SMILES string of the molecule is CCC1OCCC1C(=O)N1c2ccccc2C[C@H]1C(=O)O. The van der Waals surface area contributed by atoms with E-state index in [1.807, 2.05) is 31.2 Å². The molecule has 1 aromatic rings. The summed E-state index contributed by atoms with van der Waals surface area (Å²) < 4.78 is 5.58. The highest BCUT2D eigenvalue weighted by Gasteiger charge is 2.43. The maximum atomic E-state index is 12.9. The van der Waals surface area contributed by atoms with E-state index >= 15 is 0 Å². The van der Waals surface area contributed by atoms with Gasteiger partial charge in [0.05, 0.1) is 12.0 Å². The Hall–Kier alpha value is -1.88. The molecule has 1 saturated heterocycles. The topological polar surface area (TPSA) is 66.8 Å². The lowest BCUT2D eigenvalue weighted by Crippen LogP contribution is -2.47. The van der Waals surface area contributed by atoms with Crippen molar-refractivity contribution in [3.05, 3.63) is 29.8 Å². The van der Waals surface area contributed by atoms with Gasteiger partial charge in [-0.2, -0.15) is 0 Å². The molecule has 0 saturated carbocycles. The van der Waals surface area contributed by atoms with Gasteiger partial charge in [-0.3, -0.25) is 9.69 Å². The summed E-state index contributed by atoms with van der Waals surface area (Å²) in [6.07, 6.45) is 1.72. The Morgan fingerprint density at radius 1 is 1.38 bits per heavy atom. The molecule has 0 radical (unpaired) electrons. The van der Waals surface area contributed by atoms with Gasteiger partial charge in [0.25, 0.3) is 0 Å². The number of benzene rings is 1. The second-order valence-electron chi connectivity index (χ2n) is 5.61. The number of amides is 1. The Morgan fingerprint density at radius 3 is 2.86 bits per heavy atom. The maximum Gasteiger partial charge on any atom is 0.327 e. The van der Waals surface area contributed by atoms with Gasteiger partial charge in [-0.15, -0.1) is 0 Å². The van der Waals surface area contributed by atoms with E-state index in [4.69, 9.17) is 4.74 Å². The number of carbonyl (C=O) groups excluding carboxylic acids is 1. The number of rotatable bonds is 3. The lowest BCUT2D eigenvalue weighted by atomic mass is 9.97. The summed E-state index contributed by atoms with van der Waals surface area (Å²) in [5.74, 6) is -1.30. The van der Waals surface area contributed by atoms with Gasteiger partial charge in [0.1, 0.15) is 6.04 Å². The van der Waals surface area contributed by atoms with Gasteiger partial charge in [-0.25, -0.2) is 4.79 Å². The fourth-order valence-electron chi connectivity index (χ4n) is 3.37. The van der Waals surface area contributed by atoms with Gasteiger partial charge in [0, 0.05) is 18.7 Å². The zero-order chi connectivity index (χ0) is 15.0. The molecule has 1 amide bonds. The molecule has 1 aromatic carbocycles. The molecular formula is C16H19NO4. The minimum absolute atomic E-state index is 0.0975. The van der Waals surface area contributed by atoms with E-state index in [0.717, 1.165) is 17.7 Å². The molecule has 2 heterocycles. The second-order valence-corrected chi connectivity index (χ2v) is 5.61. The van der Waals surface area contributed by atoms with E-state index in [2.05, 4.69) is 0 Å². The quantitative estimate of drug-likeness (QED) is 0.922. The molecule has 21 heavy (non-hydrogen) atoms. The molecule has 1 fully saturated rings. The molecule has 0 spiro atoms. The van der Waals surface area contributed by atoms with Crippen molar-refractivity contribution in [2.75, 3.05) is 11.5 Å². The van der Waals surface area contributed by atoms with Crippen molar-refractivity contribution in [2.45, 2.75) is 38.3 Å². The standard InChI is InChI=1S/C16H19NO4/c1-2-14-11(7-8-21-14)15(18)17-12-6-4-3-5-10(12)9-13(17)16(19)20/h3-6,11,13-14H,2,7-9H2,1H3,(H,19,20)/t11?,13-,14?/m0/s1. The predicted octanol–water partition coefficient (Wildman–Crippen LogP) is 1.84. The Balaban J connectivity index is 1.94. The van der Waals surface area contributed by atoms with Crippen LogP contribution < -0.4 is 4.90 Å². The molecule has 2 aliphatic rings. The number of carbonyl (C=O) groups is 2. The molecular weight excluding hydrogens is 270 g/mol. The van der Waals surface area contributed by atoms with Gasteiger partial charge in [-0.1, -0.05) is 25.1 Å². The summed E-state index contributed by atoms with van der Waals surface area (Å²) in [6.45, 7) is 2.56. The molecule has 112 valence electrons. The van der Waals surface area contributed by atoms with E-state index in [0.29, 0.717) is 19.4 Å². The highest BCUT2D eigenvalue weighted by atomic mass is 16.5. The van der Waals surface area contributed by atoms with E-state index in [1.165, 1.54) is 4.90 Å². The first-order valence-electron chi connectivity index (χ1n) is 7.39. The molecule has 0 aliphatic carbocycles. The van der Waals surface area contributed by atoms with Crippen LogP contribution in [0.3, 0.4) is 0 Å². The van der Waals surface area contributed by atoms with Crippen molar-refractivity contribution in [1.82, 2.24) is 0 Å². The van der Waals surface area contributed by atoms with Crippen LogP contribution in [0, 0.1) is 5.92 Å². The van der Waals surface area contributed by atoms with E-state index in [9.17, 15) is 14.7 Å². The average Bonchev–Trinajstić information content (AvgIpc) is 3.10. The minimum Gasteiger partial charge on any atom is -0.480 e. The third kappa shape index (κ3) is 2.31. The first-order chi connectivity index (χ1) is 10.1. The molecule has 3 rings (SSSR count). The smallest absolute Gasteiger partial charge is 0.327 e. The molecule has 0 aromatic heterocycles. The van der Waals surface area contributed by atoms with Gasteiger partial charge >= 0.3 is 5.97 Å². The van der Waals surface area contributed by atoms with Crippen LogP contribution in [-0.4, -0.2) is 35.7 Å². The fourth-order valence-corrected chi connectivity index (χ4v) is 3.37. The van der Waals surface area contributed by atoms with Crippen LogP contribution in [0.5, 0.6) is 0 Å². The summed E-state index contributed by atoms with van der Waals surface area (Å²) in [4.78, 5) is 25.9. The minimum atomic E-state index is -0.952. The fraction of sp³-hybridized carbons (Fsp3) is 0.500. The summed E-state index contributed by atoms with van der Waals surface area (Å²) >= 11 is 0. The number of carboxylic acid groups (broad SMARTS) is 1. The van der Waals surface area contributed by atoms with Crippen molar-refractivity contribution in [2.24, 2.45) is 5.92 Å². The summed E-state index contributed by atoms with van der Waals surface area (Å²) in [7, 11) is 0. The van der Waals surface area contributed by atoms with Crippen LogP contribution in [0.4, 0.5) is 5.69 Å². The highest BCUT2D eigenvalue weighted by molar-refractivity contribution is 6.03. The Labute approximate surface area is 123 Å². The van der Waals surface area contributed by atoms with E-state index < -0.39 is 12.0 Å². The van der Waals surface area contributed by atoms with Gasteiger partial charge in [0.15, 0.2) is 0 Å². The van der Waals surface area contributed by atoms with Crippen LogP contribution in [0.15, 0.2) is 24.3 Å². The van der Waals surface area contributed by atoms with Crippen molar-refractivity contribution < 1.29 is 19.4 Å². The summed E-state index contributed by atoms with van der Waals surface area (Å²) in [5, 5.41) is 9.45. The maximum absolute atomic E-state index is 12.9. The Bertz CT molecular complexity index is 571. The monoisotopic (exact) mass is 289 g/mol. The van der Waals surface area contributed by atoms with E-state index in [1.54, 1.807) is 0 Å². The molecule has 1 N–H and O–H groups in total. The van der Waals surface area contributed by atoms with Crippen LogP contribution in [0.2, 0.25) is 0 Å². The Kier molecular flexibility index (Phi) is 3.68. The van der Waals surface area contributed by atoms with Crippen LogP contribution >= 0.6 is 0 Å². The number of para-hydroxylation sites is 1. The number of carboxylic acids is 1. The molecule has 2 unspecified atom stereocenters. The summed E-state index contributed by atoms with van der Waals surface area (Å²) in [5.41, 5.74) is 1.65. The van der Waals surface area contributed by atoms with Crippen molar-refractivity contribution in [3.8, 4) is 0 Å². The Morgan fingerprint density at radius 2 is 2.14 bits per heavy atom. The molecule has 0 bridgehead atoms. The number of nitrogens with zero attached hydrogens (tertiary/aromatic N) is 1. The normalized spacial score (nSPS) is 27.7. The van der Waals surface area contributed by atoms with E-state index in [-0.39, 0.29) is 17.9 Å². The number of hydrogen-bond donors (Lipinski definition) is 1. The van der Waals surface area contributed by atoms with Gasteiger partial charge in [-0.05, 0) is 24.5 Å². The zero-order valence-electron chi connectivity index (χ0n) is 12.0. The molecule has 5 nitrogen and oxygen atoms in total. The first-order valence-corrected chi connectivity index (χ1v) is 7.39. The predicted molar refractivity (Wildman–Crippen MR) is 77.2 cm³/mol. The third-order valence-corrected chi connectivity index (χ3v) is 4.43. The van der Waals surface area contributed by atoms with Crippen molar-refractivity contribution >= 4 is 17.6 Å². The number of hydrogen-bond acceptors (Lipinski definition) is 3. The molecule has 5 heteroatoms. The first kappa shape index (κ1) is 14.1. The van der Waals surface area contributed by atoms with Crippen molar-refractivity contribution in [3.63, 3.8) is 0 Å². The molecule has 2 aliphatic heterocycles. The second kappa shape index (κ2) is 5.48. The van der Waals surface area contributed by atoms with Crippen LogP contribution in [0.25, 0.3) is 0 Å². The van der Waals surface area contributed by atoms with Crippen molar-refractivity contribution in [1.29, 1.82) is 0 Å². The average molecular weight is 289 g/mol. The number of anilines is 1. The lowest BCUT2D eigenvalue weighted by molar-refractivity contribution is -0.140. The number of ether oxygens (including phenoxy) is 1. The number of aliphatic carboxylic acids is 1. The largest absolute Gasteiger partial charge is 0.480 e. The third-order valence-electron chi connectivity index (χ3n) is 4.43. The van der Waals surface area contributed by atoms with Crippen LogP contribution in [0.1, 0.15) is 25.3 Å². The lowest BCUT2D eigenvalue weighted by Gasteiger charge is -2.27. The number of fused-ring (bicyclic) bond motifs is 1. The highest BCUT2D eigenvalue weighted by Crippen LogP contribution is 2.36. The zero-order valence-corrected chi connectivity index (χ0v) is 12.0. The molecule has 3 atom stereocenters. The van der Waals surface area contributed by atoms with Crippen LogP contribution in [-0.2, 0) is 20.7 Å². The van der Waals surface area contributed by atoms with Gasteiger partial charge in [0.2, 0.25) is 5.91 Å².